The van der Waals surface area contributed by atoms with Gasteiger partial charge in [-0.1, -0.05) is 85.2 Å². The van der Waals surface area contributed by atoms with E-state index in [9.17, 15) is 10.4 Å². The van der Waals surface area contributed by atoms with Gasteiger partial charge in [-0.15, -0.1) is 0 Å². The molecule has 0 spiro atoms. The van der Waals surface area contributed by atoms with E-state index < -0.39 is 0 Å². The van der Waals surface area contributed by atoms with Crippen molar-refractivity contribution < 1.29 is 5.11 Å². The van der Waals surface area contributed by atoms with E-state index in [1.165, 1.54) is 5.56 Å². The molecule has 0 aromatic heterocycles. The highest BCUT2D eigenvalue weighted by Gasteiger charge is 2.37. The van der Waals surface area contributed by atoms with Crippen LogP contribution in [0.1, 0.15) is 83.6 Å². The van der Waals surface area contributed by atoms with Crippen molar-refractivity contribution in [2.24, 2.45) is 11.8 Å². The number of likely N-dealkylation sites (tertiary alicyclic amines) is 1. The average Bonchev–Trinajstić information content (AvgIpc) is 3.07. The van der Waals surface area contributed by atoms with Crippen LogP contribution in [0.4, 0.5) is 0 Å². The maximum absolute atomic E-state index is 11.2. The number of hydrogen-bond acceptors (Lipinski definition) is 3. The second kappa shape index (κ2) is 10.9. The minimum atomic E-state index is -0.245. The van der Waals surface area contributed by atoms with Crippen molar-refractivity contribution in [2.75, 3.05) is 13.1 Å². The van der Waals surface area contributed by atoms with E-state index in [0.29, 0.717) is 24.0 Å². The van der Waals surface area contributed by atoms with Gasteiger partial charge >= 0.3 is 0 Å². The molecule has 0 amide bonds. The molecule has 3 rings (SSSR count). The summed E-state index contributed by atoms with van der Waals surface area (Å²) in [4.78, 5) is 2.16. The van der Waals surface area contributed by atoms with Crippen LogP contribution in [0.3, 0.4) is 0 Å². The molecule has 1 saturated heterocycles. The molecule has 1 aliphatic rings. The highest BCUT2D eigenvalue weighted by Crippen LogP contribution is 2.41. The number of phenols is 1. The van der Waals surface area contributed by atoms with Gasteiger partial charge in [-0.05, 0) is 58.4 Å². The van der Waals surface area contributed by atoms with Crippen molar-refractivity contribution in [1.82, 2.24) is 4.90 Å². The smallest absolute Gasteiger partial charge is 0.123 e. The monoisotopic (exact) mass is 485 g/mol. The molecule has 0 bridgehead atoms. The maximum Gasteiger partial charge on any atom is 0.123 e. The average molecular weight is 486 g/mol. The third kappa shape index (κ3) is 6.19. The fourth-order valence-corrected chi connectivity index (χ4v) is 5.38. The van der Waals surface area contributed by atoms with E-state index in [4.69, 9.17) is 5.41 Å². The number of hydrogen-bond donors (Lipinski definition) is 2. The summed E-state index contributed by atoms with van der Waals surface area (Å²) in [6.45, 7) is 16.2. The van der Waals surface area contributed by atoms with E-state index in [-0.39, 0.29) is 16.7 Å². The molecule has 2 aromatic carbocycles. The highest BCUT2D eigenvalue weighted by molar-refractivity contribution is 5.86. The Balaban J connectivity index is 1.98. The first-order valence-corrected chi connectivity index (χ1v) is 13.2. The van der Waals surface area contributed by atoms with Gasteiger partial charge in [0.1, 0.15) is 5.75 Å². The lowest BCUT2D eigenvalue weighted by molar-refractivity contribution is 0.373. The van der Waals surface area contributed by atoms with Crippen LogP contribution in [0.2, 0.25) is 0 Å². The summed E-state index contributed by atoms with van der Waals surface area (Å²) in [6, 6.07) is 16.8. The number of rotatable bonds is 7. The second-order valence-corrected chi connectivity index (χ2v) is 12.3. The fourth-order valence-electron chi connectivity index (χ4n) is 5.38. The van der Waals surface area contributed by atoms with Crippen LogP contribution >= 0.6 is 0 Å². The summed E-state index contributed by atoms with van der Waals surface area (Å²) >= 11 is 0. The molecule has 192 valence electrons. The van der Waals surface area contributed by atoms with Gasteiger partial charge in [0, 0.05) is 36.2 Å². The van der Waals surface area contributed by atoms with Crippen LogP contribution in [0.5, 0.6) is 5.75 Å². The molecule has 1 aliphatic heterocycles. The number of amidine groups is 1. The third-order valence-electron chi connectivity index (χ3n) is 7.37. The summed E-state index contributed by atoms with van der Waals surface area (Å²) < 4.78 is 0. The fraction of sp³-hybridized carbons (Fsp3) is 0.500. The first-order chi connectivity index (χ1) is 16.9. The molecule has 4 heteroatoms. The van der Waals surface area contributed by atoms with Crippen molar-refractivity contribution in [2.45, 2.75) is 78.6 Å². The molecule has 0 radical (unpaired) electrons. The van der Waals surface area contributed by atoms with Crippen LogP contribution in [0.15, 0.2) is 48.5 Å². The first kappa shape index (κ1) is 27.5. The van der Waals surface area contributed by atoms with Crippen molar-refractivity contribution >= 4 is 11.4 Å². The Hall–Kier alpha value is -3.06. The lowest BCUT2D eigenvalue weighted by atomic mass is 9.77. The predicted octanol–water partition coefficient (Wildman–Crippen LogP) is 7.46. The van der Waals surface area contributed by atoms with E-state index in [0.717, 1.165) is 48.1 Å². The predicted molar refractivity (Wildman–Crippen MR) is 150 cm³/mol. The number of allylic oxidation sites excluding steroid dienone is 1. The Morgan fingerprint density at radius 1 is 1.08 bits per heavy atom. The Kier molecular flexibility index (Phi) is 8.34. The lowest BCUT2D eigenvalue weighted by Crippen LogP contribution is -2.29. The van der Waals surface area contributed by atoms with Gasteiger partial charge in [-0.3, -0.25) is 5.41 Å². The van der Waals surface area contributed by atoms with Crippen molar-refractivity contribution in [1.29, 1.82) is 10.7 Å². The number of phenolic OH excluding ortho intramolecular Hbond substituents is 1. The van der Waals surface area contributed by atoms with Gasteiger partial charge in [0.25, 0.3) is 0 Å². The Bertz CT molecular complexity index is 1110. The zero-order valence-corrected chi connectivity index (χ0v) is 23.2. The zero-order chi connectivity index (χ0) is 26.7. The van der Waals surface area contributed by atoms with Gasteiger partial charge in [0.2, 0.25) is 0 Å². The molecule has 0 saturated carbocycles. The van der Waals surface area contributed by atoms with Crippen molar-refractivity contribution in [3.63, 3.8) is 0 Å². The summed E-state index contributed by atoms with van der Waals surface area (Å²) in [5.41, 5.74) is 4.40. The van der Waals surface area contributed by atoms with Crippen LogP contribution in [0, 0.1) is 28.6 Å². The van der Waals surface area contributed by atoms with Crippen LogP contribution in [0.25, 0.3) is 5.57 Å². The number of nitrogens with one attached hydrogen (secondary N) is 1. The molecule has 4 nitrogen and oxygen atoms in total. The van der Waals surface area contributed by atoms with Gasteiger partial charge < -0.3 is 10.0 Å². The summed E-state index contributed by atoms with van der Waals surface area (Å²) in [6.07, 6.45) is 4.69. The Morgan fingerprint density at radius 3 is 2.17 bits per heavy atom. The third-order valence-corrected chi connectivity index (χ3v) is 7.37. The van der Waals surface area contributed by atoms with Crippen molar-refractivity contribution in [3.8, 4) is 11.8 Å². The van der Waals surface area contributed by atoms with Crippen LogP contribution in [-0.4, -0.2) is 28.9 Å². The van der Waals surface area contributed by atoms with Crippen molar-refractivity contribution in [3.05, 3.63) is 70.8 Å². The highest BCUT2D eigenvalue weighted by atomic mass is 16.3. The van der Waals surface area contributed by atoms with Gasteiger partial charge in [-0.2, -0.15) is 5.26 Å². The van der Waals surface area contributed by atoms with Crippen LogP contribution < -0.4 is 0 Å². The first-order valence-electron chi connectivity index (χ1n) is 13.2. The van der Waals surface area contributed by atoms with Gasteiger partial charge in [0.15, 0.2) is 0 Å². The van der Waals surface area contributed by atoms with E-state index in [2.05, 4.69) is 83.7 Å². The number of benzene rings is 2. The minimum Gasteiger partial charge on any atom is -0.507 e. The standard InChI is InChI=1S/C32H43N3O/c1-8-12-24-21-35(30(34)26(24)17-22-13-10-9-11-14-22)20-23(15-16-33)25-18-27(31(2,3)4)29(36)28(19-25)32(5,6)7/h9-11,13-15,18-19,24,26,34,36H,8,12,17,20-21H2,1-7H3. The molecular formula is C32H43N3O. The second-order valence-electron chi connectivity index (χ2n) is 12.3. The Labute approximate surface area is 218 Å². The van der Waals surface area contributed by atoms with Gasteiger partial charge in [0.05, 0.1) is 11.9 Å². The molecule has 2 N–H and O–H groups in total. The Morgan fingerprint density at radius 2 is 1.67 bits per heavy atom. The van der Waals surface area contributed by atoms with E-state index >= 15 is 0 Å². The van der Waals surface area contributed by atoms with E-state index in [1.807, 2.05) is 18.2 Å². The molecule has 2 unspecified atom stereocenters. The molecule has 1 fully saturated rings. The largest absolute Gasteiger partial charge is 0.507 e. The zero-order valence-electron chi connectivity index (χ0n) is 23.2. The van der Waals surface area contributed by atoms with Gasteiger partial charge in [-0.25, -0.2) is 0 Å². The SMILES string of the molecule is CCCC1CN(CC(=CC#N)c2cc(C(C)(C)C)c(O)c(C(C)(C)C)c2)C(=N)C1Cc1ccccc1. The minimum absolute atomic E-state index is 0.186. The topological polar surface area (TPSA) is 71.1 Å². The number of aromatic hydroxyl groups is 1. The normalized spacial score (nSPS) is 19.0. The number of nitrogens with zero attached hydrogens (tertiary/aromatic N) is 2. The lowest BCUT2D eigenvalue weighted by Gasteiger charge is -2.29. The quantitative estimate of drug-likeness (QED) is 0.400. The molecule has 2 aromatic rings. The number of nitriles is 1. The van der Waals surface area contributed by atoms with Crippen LogP contribution in [-0.2, 0) is 17.3 Å². The summed E-state index contributed by atoms with van der Waals surface area (Å²) in [5.74, 6) is 1.63. The molecular weight excluding hydrogens is 442 g/mol. The summed E-state index contributed by atoms with van der Waals surface area (Å²) in [7, 11) is 0. The molecule has 0 aliphatic carbocycles. The summed E-state index contributed by atoms with van der Waals surface area (Å²) in [5, 5.41) is 30.0. The maximum atomic E-state index is 11.2. The molecule has 1 heterocycles. The van der Waals surface area contributed by atoms with E-state index in [1.54, 1.807) is 6.08 Å². The molecule has 2 atom stereocenters. The molecule has 36 heavy (non-hydrogen) atoms.